The van der Waals surface area contributed by atoms with Gasteiger partial charge in [0.25, 0.3) is 38.8 Å². The minimum Gasteiger partial charge on any atom is -0.464 e. The summed E-state index contributed by atoms with van der Waals surface area (Å²) < 4.78 is 30.6. The van der Waals surface area contributed by atoms with Crippen LogP contribution >= 0.6 is 0 Å². The first kappa shape index (κ1) is 90.8. The van der Waals surface area contributed by atoms with Crippen LogP contribution in [0, 0.1) is 101 Å². The molecule has 23 unspecified atom stereocenters. The van der Waals surface area contributed by atoms with Crippen LogP contribution in [0.15, 0.2) is 97.7 Å². The largest absolute Gasteiger partial charge is 0.464 e. The van der Waals surface area contributed by atoms with Crippen molar-refractivity contribution >= 4 is 38.8 Å². The maximum atomic E-state index is 10.4. The fourth-order valence-corrected chi connectivity index (χ4v) is 17.7. The predicted octanol–water partition coefficient (Wildman–Crippen LogP) is 21.9. The Hall–Kier alpha value is -5.26. The van der Waals surface area contributed by atoms with Crippen molar-refractivity contribution in [1.29, 1.82) is 0 Å². The van der Waals surface area contributed by atoms with Crippen molar-refractivity contribution in [2.24, 2.45) is 101 Å². The van der Waals surface area contributed by atoms with Crippen molar-refractivity contribution in [3.63, 3.8) is 0 Å². The highest BCUT2D eigenvalue weighted by atomic mass is 16.5. The molecule has 0 aromatic rings. The highest BCUT2D eigenvalue weighted by Crippen LogP contribution is 2.55. The normalized spacial score (nSPS) is 34.2. The van der Waals surface area contributed by atoms with Gasteiger partial charge < -0.3 is 28.4 Å². The molecule has 8 bridgehead atoms. The molecule has 12 heteroatoms. The van der Waals surface area contributed by atoms with Gasteiger partial charge >= 0.3 is 0 Å². The van der Waals surface area contributed by atoms with Crippen molar-refractivity contribution in [2.45, 2.75) is 308 Å². The third-order valence-electron chi connectivity index (χ3n) is 23.3. The molecule has 0 saturated heterocycles. The zero-order valence-corrected chi connectivity index (χ0v) is 64.7. The third kappa shape index (κ3) is 30.5. The highest BCUT2D eigenvalue weighted by Gasteiger charge is 2.53. The number of ether oxygens (including phenoxy) is 6. The van der Waals surface area contributed by atoms with Crippen LogP contribution in [0.3, 0.4) is 0 Å². The number of hydrogen-bond donors (Lipinski definition) is 0. The Morgan fingerprint density at radius 3 is 1.40 bits per heavy atom. The second-order valence-electron chi connectivity index (χ2n) is 28.5. The first-order valence-electron chi connectivity index (χ1n) is 39.3. The molecule has 98 heavy (non-hydrogen) atoms. The zero-order chi connectivity index (χ0) is 73.0. The van der Waals surface area contributed by atoms with Gasteiger partial charge in [0.05, 0.1) is 0 Å². The Labute approximate surface area is 599 Å². The van der Waals surface area contributed by atoms with Crippen LogP contribution in [0.5, 0.6) is 0 Å². The molecule has 560 valence electrons. The standard InChI is InChI=1S/C11H18O2.C11H16O2.C10H16O2.C10H14O2.C9H16O2.C9H14O2.C8H14.2C5H10.2C4H8/c2*1-3-8-9-4-5-10(7(9)2)11(8)13-6-12;2*1-2-9-7-3-4-8(5-7)10(9)12-6-11;2*1-2-8-5-3-4-6-9(8)11-7-10;1-2-8-6-4-3-5-7-8;2*1-3-5-4-2;2*1-3-4-2/h6-11H,3-5H2,1-2H3;4-11H,3H2,1-2H3;6-10H,2-5H2,1H3;3-4,6-10H,2,5H2,1H3;7-9H,2-6H2,1H3;3-4,7-9H,2,5-6H2,1H3;3-4,8H,2,5-7H2,1H3;2*3,5H,4H2,1-2H3;3-4H,1-2H3;3H,1,4H2,2H3. The monoisotopic (exact) mass is 1370 g/mol. The van der Waals surface area contributed by atoms with Gasteiger partial charge in [-0.25, -0.2) is 0 Å². The summed E-state index contributed by atoms with van der Waals surface area (Å²) in [6.45, 7) is 41.4. The van der Waals surface area contributed by atoms with Gasteiger partial charge in [-0.05, 0) is 246 Å². The molecule has 0 heterocycles. The first-order chi connectivity index (χ1) is 47.7. The predicted molar refractivity (Wildman–Crippen MR) is 405 cm³/mol. The van der Waals surface area contributed by atoms with Gasteiger partial charge in [0, 0.05) is 30.1 Å². The molecule has 0 amide bonds. The van der Waals surface area contributed by atoms with Gasteiger partial charge in [0.2, 0.25) is 0 Å². The Bertz CT molecular complexity index is 2270. The molecule has 0 spiro atoms. The van der Waals surface area contributed by atoms with Crippen molar-refractivity contribution in [3.05, 3.63) is 97.7 Å². The summed E-state index contributed by atoms with van der Waals surface area (Å²) >= 11 is 0. The maximum absolute atomic E-state index is 10.4. The lowest BCUT2D eigenvalue weighted by atomic mass is 9.84. The van der Waals surface area contributed by atoms with Crippen molar-refractivity contribution in [2.75, 3.05) is 0 Å². The smallest absolute Gasteiger partial charge is 0.293 e. The van der Waals surface area contributed by atoms with Gasteiger partial charge in [-0.2, -0.15) is 0 Å². The number of hydrogen-bond acceptors (Lipinski definition) is 12. The third-order valence-corrected chi connectivity index (χ3v) is 23.3. The summed E-state index contributed by atoms with van der Waals surface area (Å²) in [6, 6.07) is 0. The molecule has 11 aliphatic rings. The molecule has 7 saturated carbocycles. The molecule has 0 aromatic heterocycles. The Morgan fingerprint density at radius 1 is 0.388 bits per heavy atom. The molecule has 0 aliphatic heterocycles. The van der Waals surface area contributed by atoms with Gasteiger partial charge in [0.1, 0.15) is 36.6 Å². The fourth-order valence-electron chi connectivity index (χ4n) is 17.7. The summed E-state index contributed by atoms with van der Waals surface area (Å²) in [5, 5.41) is 0. The van der Waals surface area contributed by atoms with E-state index in [9.17, 15) is 28.8 Å². The van der Waals surface area contributed by atoms with Crippen molar-refractivity contribution < 1.29 is 57.2 Å². The number of rotatable bonds is 22. The van der Waals surface area contributed by atoms with Gasteiger partial charge in [0.15, 0.2) is 0 Å². The van der Waals surface area contributed by atoms with Crippen LogP contribution in [0.25, 0.3) is 0 Å². The average molecular weight is 1370 g/mol. The lowest BCUT2D eigenvalue weighted by Gasteiger charge is -2.28. The average Bonchev–Trinajstić information content (AvgIpc) is 1.64. The summed E-state index contributed by atoms with van der Waals surface area (Å²) in [5.74, 6) is 11.3. The lowest BCUT2D eigenvalue weighted by molar-refractivity contribution is -0.139. The second kappa shape index (κ2) is 56.4. The second-order valence-corrected chi connectivity index (χ2v) is 28.5. The Balaban J connectivity index is 0.000000550. The summed E-state index contributed by atoms with van der Waals surface area (Å²) in [4.78, 5) is 61.5. The minimum absolute atomic E-state index is 0.127. The highest BCUT2D eigenvalue weighted by molar-refractivity contribution is 5.40. The summed E-state index contributed by atoms with van der Waals surface area (Å²) in [7, 11) is 0. The van der Waals surface area contributed by atoms with Gasteiger partial charge in [-0.15, -0.1) is 6.58 Å². The summed E-state index contributed by atoms with van der Waals surface area (Å²) in [5.41, 5.74) is 0. The van der Waals surface area contributed by atoms with Crippen LogP contribution in [-0.4, -0.2) is 75.5 Å². The fraction of sp³-hybridized carbons (Fsp3) is 0.744. The molecule has 0 radical (unpaired) electrons. The SMILES string of the molecule is C=CCC.CC=CC.CC=CCC.CC=CCC.CCC1C2C=CC(C2)C1OC=O.CCC1C2C=CC(C2C)C1OC=O.CCC1C2CCC(C2)C1OC=O.CCC1C2CCC(C2C)C1OC=O.CCC1CC=CCC1.CCC1CC=CCC1OC=O.CCC1CCCCC1OC=O. The molecule has 0 N–H and O–H groups in total. The van der Waals surface area contributed by atoms with Crippen LogP contribution in [0.4, 0.5) is 0 Å². The van der Waals surface area contributed by atoms with E-state index in [1.165, 1.54) is 89.9 Å². The molecule has 11 rings (SSSR count). The molecule has 0 aromatic carbocycles. The van der Waals surface area contributed by atoms with E-state index in [-0.39, 0.29) is 36.6 Å². The van der Waals surface area contributed by atoms with E-state index in [0.717, 1.165) is 94.3 Å². The van der Waals surface area contributed by atoms with E-state index in [2.05, 4.69) is 163 Å². The molecular weight excluding hydrogens is 1220 g/mol. The number of carbonyl (C=O) groups is 6. The van der Waals surface area contributed by atoms with Gasteiger partial charge in [-0.1, -0.05) is 187 Å². The van der Waals surface area contributed by atoms with Crippen LogP contribution in [0.1, 0.15) is 271 Å². The van der Waals surface area contributed by atoms with Crippen LogP contribution in [-0.2, 0) is 57.2 Å². The number of allylic oxidation sites excluding steroid dienone is 12. The van der Waals surface area contributed by atoms with Gasteiger partial charge in [-0.3, -0.25) is 28.8 Å². The van der Waals surface area contributed by atoms with Crippen molar-refractivity contribution in [3.8, 4) is 0 Å². The van der Waals surface area contributed by atoms with Crippen LogP contribution in [0.2, 0.25) is 0 Å². The van der Waals surface area contributed by atoms with Crippen molar-refractivity contribution in [1.82, 2.24) is 0 Å². The number of carbonyl (C=O) groups excluding carboxylic acids is 6. The van der Waals surface area contributed by atoms with E-state index >= 15 is 0 Å². The Kier molecular flexibility index (Phi) is 52.2. The lowest BCUT2D eigenvalue weighted by Crippen LogP contribution is -2.29. The van der Waals surface area contributed by atoms with E-state index in [1.54, 1.807) is 0 Å². The van der Waals surface area contributed by atoms with Crippen LogP contribution < -0.4 is 0 Å². The van der Waals surface area contributed by atoms with E-state index in [0.29, 0.717) is 116 Å². The summed E-state index contributed by atoms with van der Waals surface area (Å²) in [6.07, 6.45) is 63.4. The van der Waals surface area contributed by atoms with E-state index < -0.39 is 0 Å². The molecule has 7 fully saturated rings. The number of fused-ring (bicyclic) bond motifs is 8. The molecule has 12 nitrogen and oxygen atoms in total. The quantitative estimate of drug-likeness (QED) is 0.0575. The maximum Gasteiger partial charge on any atom is 0.293 e. The Morgan fingerprint density at radius 2 is 0.898 bits per heavy atom. The minimum atomic E-state index is 0.127. The van der Waals surface area contributed by atoms with E-state index in [1.807, 2.05) is 45.9 Å². The first-order valence-corrected chi connectivity index (χ1v) is 39.3. The molecule has 11 aliphatic carbocycles. The topological polar surface area (TPSA) is 158 Å². The zero-order valence-electron chi connectivity index (χ0n) is 64.7. The van der Waals surface area contributed by atoms with E-state index in [4.69, 9.17) is 28.4 Å². The molecule has 23 atom stereocenters. The molecular formula is C86H144O12.